The van der Waals surface area contributed by atoms with Crippen LogP contribution < -0.4 is 10.2 Å². The third-order valence-corrected chi connectivity index (χ3v) is 4.40. The molecule has 1 N–H and O–H groups in total. The van der Waals surface area contributed by atoms with E-state index in [1.165, 1.54) is 16.5 Å². The molecule has 1 saturated heterocycles. The van der Waals surface area contributed by atoms with Crippen LogP contribution in [0.25, 0.3) is 10.8 Å². The second-order valence-corrected chi connectivity index (χ2v) is 5.64. The summed E-state index contributed by atoms with van der Waals surface area (Å²) >= 11 is 0. The zero-order valence-corrected chi connectivity index (χ0v) is 12.9. The summed E-state index contributed by atoms with van der Waals surface area (Å²) in [7, 11) is 0. The molecule has 0 bridgehead atoms. The van der Waals surface area contributed by atoms with Gasteiger partial charge in [0, 0.05) is 30.7 Å². The molecule has 0 aliphatic carbocycles. The zero-order chi connectivity index (χ0) is 14.7. The Bertz CT molecular complexity index is 587. The van der Waals surface area contributed by atoms with Crippen molar-refractivity contribution in [1.82, 2.24) is 5.32 Å². The maximum absolute atomic E-state index is 5.95. The van der Waals surface area contributed by atoms with Gasteiger partial charge in [-0.3, -0.25) is 0 Å². The summed E-state index contributed by atoms with van der Waals surface area (Å²) in [4.78, 5) is 2.46. The summed E-state index contributed by atoms with van der Waals surface area (Å²) in [5.74, 6) is 0. The molecule has 0 radical (unpaired) electrons. The largest absolute Gasteiger partial charge is 0.373 e. The van der Waals surface area contributed by atoms with Crippen LogP contribution in [0.3, 0.4) is 0 Å². The van der Waals surface area contributed by atoms with E-state index in [2.05, 4.69) is 66.5 Å². The van der Waals surface area contributed by atoms with Crippen LogP contribution >= 0.6 is 0 Å². The molecule has 21 heavy (non-hydrogen) atoms. The van der Waals surface area contributed by atoms with Gasteiger partial charge in [0.2, 0.25) is 0 Å². The molecule has 1 aliphatic heterocycles. The highest BCUT2D eigenvalue weighted by Crippen LogP contribution is 2.29. The van der Waals surface area contributed by atoms with Crippen molar-refractivity contribution in [3.05, 3.63) is 42.5 Å². The van der Waals surface area contributed by atoms with Crippen molar-refractivity contribution < 1.29 is 4.74 Å². The molecule has 3 rings (SSSR count). The molecular weight excluding hydrogens is 260 g/mol. The van der Waals surface area contributed by atoms with Crippen LogP contribution in [-0.4, -0.2) is 38.4 Å². The van der Waals surface area contributed by atoms with Gasteiger partial charge in [-0.1, -0.05) is 36.4 Å². The predicted molar refractivity (Wildman–Crippen MR) is 89.0 cm³/mol. The van der Waals surface area contributed by atoms with E-state index in [9.17, 15) is 0 Å². The van der Waals surface area contributed by atoms with Crippen molar-refractivity contribution in [1.29, 1.82) is 0 Å². The number of anilines is 1. The number of morpholine rings is 1. The lowest BCUT2D eigenvalue weighted by molar-refractivity contribution is 0.0146. The first-order chi connectivity index (χ1) is 10.3. The molecule has 1 aliphatic rings. The summed E-state index contributed by atoms with van der Waals surface area (Å²) in [6.07, 6.45) is 0.248. The van der Waals surface area contributed by atoms with Crippen molar-refractivity contribution >= 4 is 16.5 Å². The lowest BCUT2D eigenvalue weighted by atomic mass is 10.0. The van der Waals surface area contributed by atoms with Crippen LogP contribution in [0.4, 0.5) is 5.69 Å². The number of hydrogen-bond acceptors (Lipinski definition) is 3. The topological polar surface area (TPSA) is 24.5 Å². The van der Waals surface area contributed by atoms with Crippen LogP contribution in [-0.2, 0) is 4.74 Å². The molecule has 2 atom stereocenters. The quantitative estimate of drug-likeness (QED) is 0.934. The van der Waals surface area contributed by atoms with E-state index in [4.69, 9.17) is 4.74 Å². The van der Waals surface area contributed by atoms with E-state index in [1.807, 2.05) is 0 Å². The molecule has 3 nitrogen and oxygen atoms in total. The number of benzene rings is 2. The summed E-state index contributed by atoms with van der Waals surface area (Å²) in [5, 5.41) is 6.04. The van der Waals surface area contributed by atoms with Crippen molar-refractivity contribution in [3.63, 3.8) is 0 Å². The maximum Gasteiger partial charge on any atom is 0.0900 e. The average Bonchev–Trinajstić information content (AvgIpc) is 2.56. The first kappa shape index (κ1) is 14.4. The van der Waals surface area contributed by atoms with E-state index < -0.39 is 0 Å². The van der Waals surface area contributed by atoms with Gasteiger partial charge in [0.05, 0.1) is 18.8 Å². The van der Waals surface area contributed by atoms with Gasteiger partial charge in [0.1, 0.15) is 0 Å². The Kier molecular flexibility index (Phi) is 4.42. The standard InChI is InChI=1S/C18H24N2O/c1-3-20(14(2)18-13-19-11-12-21-18)17-10-6-8-15-7-4-5-9-16(15)17/h4-10,14,18-19H,3,11-13H2,1-2H3. The van der Waals surface area contributed by atoms with Crippen LogP contribution in [0.2, 0.25) is 0 Å². The highest BCUT2D eigenvalue weighted by Gasteiger charge is 2.26. The van der Waals surface area contributed by atoms with Gasteiger partial charge < -0.3 is 15.0 Å². The molecule has 0 spiro atoms. The minimum absolute atomic E-state index is 0.248. The summed E-state index contributed by atoms with van der Waals surface area (Å²) in [6.45, 7) is 8.17. The van der Waals surface area contributed by atoms with Crippen molar-refractivity contribution in [2.75, 3.05) is 31.1 Å². The van der Waals surface area contributed by atoms with Gasteiger partial charge >= 0.3 is 0 Å². The van der Waals surface area contributed by atoms with Gasteiger partial charge in [0.15, 0.2) is 0 Å². The number of likely N-dealkylation sites (N-methyl/N-ethyl adjacent to an activating group) is 1. The van der Waals surface area contributed by atoms with Crippen molar-refractivity contribution in [3.8, 4) is 0 Å². The smallest absolute Gasteiger partial charge is 0.0900 e. The average molecular weight is 284 g/mol. The Balaban J connectivity index is 1.94. The second-order valence-electron chi connectivity index (χ2n) is 5.64. The van der Waals surface area contributed by atoms with E-state index >= 15 is 0 Å². The summed E-state index contributed by atoms with van der Waals surface area (Å²) in [5.41, 5.74) is 1.30. The lowest BCUT2D eigenvalue weighted by Gasteiger charge is -2.38. The van der Waals surface area contributed by atoms with Gasteiger partial charge in [0.25, 0.3) is 0 Å². The summed E-state index contributed by atoms with van der Waals surface area (Å²) < 4.78 is 5.95. The molecule has 2 aromatic carbocycles. The Morgan fingerprint density at radius 2 is 2.05 bits per heavy atom. The first-order valence-corrected chi connectivity index (χ1v) is 7.88. The second kappa shape index (κ2) is 6.46. The number of fused-ring (bicyclic) bond motifs is 1. The van der Waals surface area contributed by atoms with Crippen LogP contribution in [0, 0.1) is 0 Å². The van der Waals surface area contributed by atoms with E-state index in [0.717, 1.165) is 26.2 Å². The molecule has 1 heterocycles. The predicted octanol–water partition coefficient (Wildman–Crippen LogP) is 3.04. The molecule has 1 fully saturated rings. The van der Waals surface area contributed by atoms with Crippen molar-refractivity contribution in [2.24, 2.45) is 0 Å². The number of nitrogens with zero attached hydrogens (tertiary/aromatic N) is 1. The van der Waals surface area contributed by atoms with Gasteiger partial charge in [-0.05, 0) is 25.3 Å². The number of ether oxygens (including phenoxy) is 1. The van der Waals surface area contributed by atoms with E-state index in [1.54, 1.807) is 0 Å². The highest BCUT2D eigenvalue weighted by molar-refractivity contribution is 5.94. The molecule has 2 unspecified atom stereocenters. The maximum atomic E-state index is 5.95. The van der Waals surface area contributed by atoms with Crippen LogP contribution in [0.15, 0.2) is 42.5 Å². The van der Waals surface area contributed by atoms with Crippen LogP contribution in [0.1, 0.15) is 13.8 Å². The Morgan fingerprint density at radius 3 is 2.81 bits per heavy atom. The SMILES string of the molecule is CCN(c1cccc2ccccc12)C(C)C1CNCCO1. The Hall–Kier alpha value is -1.58. The fraction of sp³-hybridized carbons (Fsp3) is 0.444. The van der Waals surface area contributed by atoms with Gasteiger partial charge in [-0.25, -0.2) is 0 Å². The molecule has 112 valence electrons. The van der Waals surface area contributed by atoms with E-state index in [-0.39, 0.29) is 6.10 Å². The Labute approximate surface area is 126 Å². The normalized spacial score (nSPS) is 20.4. The zero-order valence-electron chi connectivity index (χ0n) is 12.9. The van der Waals surface area contributed by atoms with Gasteiger partial charge in [-0.2, -0.15) is 0 Å². The molecule has 2 aromatic rings. The van der Waals surface area contributed by atoms with E-state index in [0.29, 0.717) is 6.04 Å². The molecule has 0 aromatic heterocycles. The molecular formula is C18H24N2O. The molecule has 0 amide bonds. The summed E-state index contributed by atoms with van der Waals surface area (Å²) in [6, 6.07) is 15.5. The fourth-order valence-electron chi connectivity index (χ4n) is 3.23. The first-order valence-electron chi connectivity index (χ1n) is 7.88. The number of nitrogens with one attached hydrogen (secondary N) is 1. The third kappa shape index (κ3) is 2.89. The fourth-order valence-corrected chi connectivity index (χ4v) is 3.23. The third-order valence-electron chi connectivity index (χ3n) is 4.40. The minimum atomic E-state index is 0.248. The monoisotopic (exact) mass is 284 g/mol. The Morgan fingerprint density at radius 1 is 1.24 bits per heavy atom. The molecule has 3 heteroatoms. The highest BCUT2D eigenvalue weighted by atomic mass is 16.5. The number of hydrogen-bond donors (Lipinski definition) is 1. The lowest BCUT2D eigenvalue weighted by Crippen LogP contribution is -2.51. The van der Waals surface area contributed by atoms with Crippen LogP contribution in [0.5, 0.6) is 0 Å². The van der Waals surface area contributed by atoms with Gasteiger partial charge in [-0.15, -0.1) is 0 Å². The minimum Gasteiger partial charge on any atom is -0.373 e. The number of rotatable bonds is 4. The molecule has 0 saturated carbocycles. The van der Waals surface area contributed by atoms with Crippen molar-refractivity contribution in [2.45, 2.75) is 26.0 Å².